The first kappa shape index (κ1) is 10.6. The van der Waals surface area contributed by atoms with Crippen LogP contribution in [0.25, 0.3) is 0 Å². The van der Waals surface area contributed by atoms with Gasteiger partial charge in [0.05, 0.1) is 0 Å². The van der Waals surface area contributed by atoms with Crippen LogP contribution in [0.4, 0.5) is 0 Å². The minimum Gasteiger partial charge on any atom is -0.293 e. The molecule has 1 heterocycles. The van der Waals surface area contributed by atoms with E-state index in [-0.39, 0.29) is 11.7 Å². The molecule has 0 unspecified atom stereocenters. The van der Waals surface area contributed by atoms with E-state index in [1.807, 2.05) is 26.8 Å². The summed E-state index contributed by atoms with van der Waals surface area (Å²) >= 11 is 0. The largest absolute Gasteiger partial charge is 0.293 e. The molecular weight excluding hydrogens is 174 g/mol. The van der Waals surface area contributed by atoms with Crippen LogP contribution < -0.4 is 0 Å². The molecule has 0 saturated carbocycles. The fraction of sp³-hybridized carbons (Fsp3) is 0.333. The Morgan fingerprint density at radius 2 is 2.21 bits per heavy atom. The molecule has 0 bridgehead atoms. The highest BCUT2D eigenvalue weighted by molar-refractivity contribution is 5.98. The van der Waals surface area contributed by atoms with E-state index in [0.717, 1.165) is 5.57 Å². The van der Waals surface area contributed by atoms with Gasteiger partial charge in [-0.05, 0) is 26.0 Å². The first-order chi connectivity index (χ1) is 6.61. The molecular formula is C12H15NO. The van der Waals surface area contributed by atoms with Crippen molar-refractivity contribution < 1.29 is 4.79 Å². The molecule has 0 aliphatic carbocycles. The highest BCUT2D eigenvalue weighted by atomic mass is 16.1. The average molecular weight is 189 g/mol. The number of aromatic nitrogens is 1. The van der Waals surface area contributed by atoms with Crippen molar-refractivity contribution in [3.8, 4) is 0 Å². The van der Waals surface area contributed by atoms with Crippen LogP contribution in [0.5, 0.6) is 0 Å². The maximum Gasteiger partial charge on any atom is 0.170 e. The van der Waals surface area contributed by atoms with E-state index in [0.29, 0.717) is 5.56 Å². The minimum atomic E-state index is -0.0656. The predicted octanol–water partition coefficient (Wildman–Crippen LogP) is 2.87. The SMILES string of the molecule is CC(C)=C[C@H](C)C(=O)c1cccnc1. The van der Waals surface area contributed by atoms with Crippen molar-refractivity contribution in [3.05, 3.63) is 41.7 Å². The van der Waals surface area contributed by atoms with Crippen LogP contribution in [0.1, 0.15) is 31.1 Å². The lowest BCUT2D eigenvalue weighted by Gasteiger charge is -2.05. The zero-order valence-corrected chi connectivity index (χ0v) is 8.82. The van der Waals surface area contributed by atoms with Crippen molar-refractivity contribution in [1.29, 1.82) is 0 Å². The molecule has 0 radical (unpaired) electrons. The number of carbonyl (C=O) groups is 1. The molecule has 0 fully saturated rings. The fourth-order valence-corrected chi connectivity index (χ4v) is 1.35. The highest BCUT2D eigenvalue weighted by Gasteiger charge is 2.12. The van der Waals surface area contributed by atoms with Gasteiger partial charge in [0.25, 0.3) is 0 Å². The normalized spacial score (nSPS) is 11.9. The molecule has 0 amide bonds. The van der Waals surface area contributed by atoms with Crippen molar-refractivity contribution >= 4 is 5.78 Å². The van der Waals surface area contributed by atoms with Gasteiger partial charge in [-0.25, -0.2) is 0 Å². The lowest BCUT2D eigenvalue weighted by molar-refractivity contribution is 0.0952. The van der Waals surface area contributed by atoms with Crippen molar-refractivity contribution in [2.75, 3.05) is 0 Å². The Morgan fingerprint density at radius 1 is 1.50 bits per heavy atom. The third kappa shape index (κ3) is 2.80. The summed E-state index contributed by atoms with van der Waals surface area (Å²) in [7, 11) is 0. The second kappa shape index (κ2) is 4.70. The summed E-state index contributed by atoms with van der Waals surface area (Å²) in [6, 6.07) is 3.58. The van der Waals surface area contributed by atoms with E-state index < -0.39 is 0 Å². The van der Waals surface area contributed by atoms with Crippen molar-refractivity contribution in [2.24, 2.45) is 5.92 Å². The number of hydrogen-bond acceptors (Lipinski definition) is 2. The van der Waals surface area contributed by atoms with Gasteiger partial charge in [-0.1, -0.05) is 18.6 Å². The second-order valence-electron chi connectivity index (χ2n) is 3.64. The monoisotopic (exact) mass is 189 g/mol. The zero-order chi connectivity index (χ0) is 10.6. The molecule has 74 valence electrons. The van der Waals surface area contributed by atoms with Gasteiger partial charge in [0.15, 0.2) is 5.78 Å². The molecule has 0 spiro atoms. The standard InChI is InChI=1S/C12H15NO/c1-9(2)7-10(3)12(14)11-5-4-6-13-8-11/h4-8,10H,1-3H3/t10-/m0/s1. The van der Waals surface area contributed by atoms with Crippen LogP contribution in [0.3, 0.4) is 0 Å². The van der Waals surface area contributed by atoms with Crippen molar-refractivity contribution in [2.45, 2.75) is 20.8 Å². The van der Waals surface area contributed by atoms with Crippen LogP contribution in [0.2, 0.25) is 0 Å². The first-order valence-corrected chi connectivity index (χ1v) is 4.70. The average Bonchev–Trinajstić information content (AvgIpc) is 2.17. The molecule has 0 saturated heterocycles. The number of rotatable bonds is 3. The van der Waals surface area contributed by atoms with E-state index in [4.69, 9.17) is 0 Å². The summed E-state index contributed by atoms with van der Waals surface area (Å²) in [5, 5.41) is 0. The maximum absolute atomic E-state index is 11.8. The lowest BCUT2D eigenvalue weighted by atomic mass is 9.99. The molecule has 2 nitrogen and oxygen atoms in total. The van der Waals surface area contributed by atoms with Crippen LogP contribution >= 0.6 is 0 Å². The Hall–Kier alpha value is -1.44. The Morgan fingerprint density at radius 3 is 2.71 bits per heavy atom. The topological polar surface area (TPSA) is 30.0 Å². The number of Topliss-reactive ketones (excluding diaryl/α,β-unsaturated/α-hetero) is 1. The summed E-state index contributed by atoms with van der Waals surface area (Å²) in [5.41, 5.74) is 1.84. The predicted molar refractivity (Wildman–Crippen MR) is 57.2 cm³/mol. The molecule has 0 aliphatic heterocycles. The van der Waals surface area contributed by atoms with Gasteiger partial charge in [-0.3, -0.25) is 9.78 Å². The number of pyridine rings is 1. The lowest BCUT2D eigenvalue weighted by Crippen LogP contribution is -2.09. The van der Waals surface area contributed by atoms with Gasteiger partial charge in [-0.2, -0.15) is 0 Å². The van der Waals surface area contributed by atoms with Gasteiger partial charge in [0.2, 0.25) is 0 Å². The highest BCUT2D eigenvalue weighted by Crippen LogP contribution is 2.10. The molecule has 0 aliphatic rings. The van der Waals surface area contributed by atoms with E-state index >= 15 is 0 Å². The number of hydrogen-bond donors (Lipinski definition) is 0. The van der Waals surface area contributed by atoms with E-state index in [2.05, 4.69) is 4.98 Å². The quantitative estimate of drug-likeness (QED) is 0.540. The second-order valence-corrected chi connectivity index (χ2v) is 3.64. The number of carbonyl (C=O) groups excluding carboxylic acids is 1. The van der Waals surface area contributed by atoms with Crippen LogP contribution in [-0.2, 0) is 0 Å². The van der Waals surface area contributed by atoms with Crippen LogP contribution in [-0.4, -0.2) is 10.8 Å². The van der Waals surface area contributed by atoms with Gasteiger partial charge in [0.1, 0.15) is 0 Å². The summed E-state index contributed by atoms with van der Waals surface area (Å²) in [6.45, 7) is 5.89. The summed E-state index contributed by atoms with van der Waals surface area (Å²) in [5.74, 6) is 0.0588. The number of allylic oxidation sites excluding steroid dienone is 2. The molecule has 1 rings (SSSR count). The fourth-order valence-electron chi connectivity index (χ4n) is 1.35. The number of ketones is 1. The van der Waals surface area contributed by atoms with E-state index in [1.54, 1.807) is 24.5 Å². The zero-order valence-electron chi connectivity index (χ0n) is 8.82. The minimum absolute atomic E-state index is 0.0656. The molecule has 0 aromatic carbocycles. The van der Waals surface area contributed by atoms with Crippen LogP contribution in [0.15, 0.2) is 36.2 Å². The van der Waals surface area contributed by atoms with E-state index in [1.165, 1.54) is 0 Å². The van der Waals surface area contributed by atoms with Gasteiger partial charge in [-0.15, -0.1) is 0 Å². The first-order valence-electron chi connectivity index (χ1n) is 4.70. The molecule has 1 atom stereocenters. The Bertz CT molecular complexity index is 337. The third-order valence-corrected chi connectivity index (χ3v) is 1.94. The Kier molecular flexibility index (Phi) is 3.57. The van der Waals surface area contributed by atoms with Crippen LogP contribution in [0, 0.1) is 5.92 Å². The van der Waals surface area contributed by atoms with Gasteiger partial charge < -0.3 is 0 Å². The summed E-state index contributed by atoms with van der Waals surface area (Å²) in [4.78, 5) is 15.7. The maximum atomic E-state index is 11.8. The van der Waals surface area contributed by atoms with Crippen molar-refractivity contribution in [3.63, 3.8) is 0 Å². The Labute approximate surface area is 84.7 Å². The molecule has 0 N–H and O–H groups in total. The molecule has 1 aromatic heterocycles. The molecule has 2 heteroatoms. The van der Waals surface area contributed by atoms with E-state index in [9.17, 15) is 4.79 Å². The number of nitrogens with zero attached hydrogens (tertiary/aromatic N) is 1. The van der Waals surface area contributed by atoms with Gasteiger partial charge >= 0.3 is 0 Å². The Balaban J connectivity index is 2.82. The summed E-state index contributed by atoms with van der Waals surface area (Å²) < 4.78 is 0. The third-order valence-electron chi connectivity index (χ3n) is 1.94. The molecule has 14 heavy (non-hydrogen) atoms. The molecule has 1 aromatic rings. The van der Waals surface area contributed by atoms with Crippen molar-refractivity contribution in [1.82, 2.24) is 4.98 Å². The smallest absolute Gasteiger partial charge is 0.170 e. The summed E-state index contributed by atoms with van der Waals surface area (Å²) in [6.07, 6.45) is 5.25. The van der Waals surface area contributed by atoms with Gasteiger partial charge in [0, 0.05) is 23.9 Å².